The van der Waals surface area contributed by atoms with Crippen LogP contribution in [0.1, 0.15) is 18.9 Å². The van der Waals surface area contributed by atoms with Crippen LogP contribution in [0.5, 0.6) is 5.88 Å². The summed E-state index contributed by atoms with van der Waals surface area (Å²) < 4.78 is 3.36. The maximum atomic E-state index is 11.8. The Labute approximate surface area is 102 Å². The highest BCUT2D eigenvalue weighted by Crippen LogP contribution is 2.32. The molecular formula is C12H14N4O2. The van der Waals surface area contributed by atoms with Crippen LogP contribution in [0.3, 0.4) is 0 Å². The zero-order chi connectivity index (χ0) is 12.9. The van der Waals surface area contributed by atoms with Crippen molar-refractivity contribution in [1.82, 2.24) is 19.2 Å². The van der Waals surface area contributed by atoms with Crippen molar-refractivity contribution in [2.45, 2.75) is 26.8 Å². The van der Waals surface area contributed by atoms with E-state index >= 15 is 0 Å². The molecule has 0 aliphatic carbocycles. The van der Waals surface area contributed by atoms with Crippen molar-refractivity contribution < 1.29 is 5.11 Å². The van der Waals surface area contributed by atoms with Crippen LogP contribution in [-0.4, -0.2) is 24.3 Å². The van der Waals surface area contributed by atoms with Gasteiger partial charge in [-0.1, -0.05) is 6.92 Å². The summed E-state index contributed by atoms with van der Waals surface area (Å²) in [5, 5.41) is 15.0. The average Bonchev–Trinajstić information content (AvgIpc) is 2.80. The molecule has 0 saturated heterocycles. The third-order valence-corrected chi connectivity index (χ3v) is 3.25. The van der Waals surface area contributed by atoms with E-state index in [1.807, 2.05) is 20.0 Å². The molecule has 3 aromatic heterocycles. The van der Waals surface area contributed by atoms with Crippen LogP contribution in [0, 0.1) is 6.92 Å². The molecule has 0 spiro atoms. The minimum atomic E-state index is -0.194. The molecule has 0 aliphatic rings. The maximum absolute atomic E-state index is 11.8. The van der Waals surface area contributed by atoms with Gasteiger partial charge in [-0.05, 0) is 18.9 Å². The largest absolute Gasteiger partial charge is 0.494 e. The summed E-state index contributed by atoms with van der Waals surface area (Å²) in [7, 11) is 0. The highest BCUT2D eigenvalue weighted by atomic mass is 16.3. The molecule has 2 N–H and O–H groups in total. The second-order valence-electron chi connectivity index (χ2n) is 4.41. The molecule has 3 aromatic rings. The van der Waals surface area contributed by atoms with Crippen molar-refractivity contribution in [3.8, 4) is 5.88 Å². The van der Waals surface area contributed by atoms with Crippen LogP contribution in [0.25, 0.3) is 16.4 Å². The monoisotopic (exact) mass is 246 g/mol. The van der Waals surface area contributed by atoms with Gasteiger partial charge >= 0.3 is 0 Å². The fraction of sp³-hybridized carbons (Fsp3) is 0.333. The van der Waals surface area contributed by atoms with Gasteiger partial charge in [-0.15, -0.1) is 0 Å². The summed E-state index contributed by atoms with van der Waals surface area (Å²) in [5.74, 6) is 0.203. The number of nitrogens with one attached hydrogen (secondary N) is 1. The molecule has 0 amide bonds. The van der Waals surface area contributed by atoms with E-state index in [-0.39, 0.29) is 11.4 Å². The van der Waals surface area contributed by atoms with Gasteiger partial charge in [-0.2, -0.15) is 5.10 Å². The summed E-state index contributed by atoms with van der Waals surface area (Å²) in [4.78, 5) is 14.3. The molecule has 0 radical (unpaired) electrons. The second kappa shape index (κ2) is 3.63. The van der Waals surface area contributed by atoms with Crippen molar-refractivity contribution in [1.29, 1.82) is 0 Å². The first-order valence-electron chi connectivity index (χ1n) is 5.92. The number of aromatic nitrogens is 4. The fourth-order valence-electron chi connectivity index (χ4n) is 2.46. The molecule has 3 heterocycles. The zero-order valence-electron chi connectivity index (χ0n) is 10.3. The topological polar surface area (TPSA) is 75.3 Å². The lowest BCUT2D eigenvalue weighted by atomic mass is 10.2. The molecule has 6 nitrogen and oxygen atoms in total. The van der Waals surface area contributed by atoms with Crippen molar-refractivity contribution in [3.63, 3.8) is 0 Å². The molecule has 0 unspecified atom stereocenters. The van der Waals surface area contributed by atoms with E-state index in [9.17, 15) is 9.90 Å². The van der Waals surface area contributed by atoms with Crippen LogP contribution >= 0.6 is 0 Å². The number of aryl methyl sites for hydroxylation is 2. The van der Waals surface area contributed by atoms with E-state index < -0.39 is 0 Å². The lowest BCUT2D eigenvalue weighted by Crippen LogP contribution is -2.11. The summed E-state index contributed by atoms with van der Waals surface area (Å²) >= 11 is 0. The Morgan fingerprint density at radius 2 is 2.28 bits per heavy atom. The Morgan fingerprint density at radius 3 is 3.00 bits per heavy atom. The Hall–Kier alpha value is -2.24. The van der Waals surface area contributed by atoms with Gasteiger partial charge in [0.25, 0.3) is 5.56 Å². The highest BCUT2D eigenvalue weighted by molar-refractivity contribution is 5.95. The minimum absolute atomic E-state index is 0.194. The molecule has 0 fully saturated rings. The molecule has 0 saturated carbocycles. The average molecular weight is 246 g/mol. The lowest BCUT2D eigenvalue weighted by molar-refractivity contribution is 0.420. The standard InChI is InChI=1S/C12H14N4O2/c1-3-4-15-5-8-9(12(15)18)7(2)10-11(17)13-6-14-16(8)10/h5-6,18H,3-4H2,1-2H3,(H,13,14,17). The Bertz CT molecular complexity index is 794. The smallest absolute Gasteiger partial charge is 0.275 e. The number of aromatic hydroxyl groups is 1. The van der Waals surface area contributed by atoms with Crippen LogP contribution in [0.4, 0.5) is 0 Å². The Balaban J connectivity index is 2.49. The molecule has 18 heavy (non-hydrogen) atoms. The van der Waals surface area contributed by atoms with Gasteiger partial charge in [0, 0.05) is 12.7 Å². The van der Waals surface area contributed by atoms with E-state index in [1.165, 1.54) is 6.33 Å². The first kappa shape index (κ1) is 10.9. The predicted molar refractivity (Wildman–Crippen MR) is 68.0 cm³/mol. The normalized spacial score (nSPS) is 11.7. The van der Waals surface area contributed by atoms with Crippen LogP contribution in [-0.2, 0) is 6.54 Å². The first-order chi connectivity index (χ1) is 8.65. The van der Waals surface area contributed by atoms with E-state index in [0.29, 0.717) is 10.9 Å². The van der Waals surface area contributed by atoms with Gasteiger partial charge in [-0.25, -0.2) is 4.52 Å². The van der Waals surface area contributed by atoms with E-state index in [2.05, 4.69) is 10.1 Å². The number of hydrogen-bond donors (Lipinski definition) is 2. The van der Waals surface area contributed by atoms with Crippen LogP contribution in [0.2, 0.25) is 0 Å². The van der Waals surface area contributed by atoms with E-state index in [0.717, 1.165) is 24.0 Å². The molecule has 94 valence electrons. The van der Waals surface area contributed by atoms with Crippen LogP contribution < -0.4 is 5.56 Å². The number of rotatable bonds is 2. The van der Waals surface area contributed by atoms with E-state index in [4.69, 9.17) is 0 Å². The van der Waals surface area contributed by atoms with E-state index in [1.54, 1.807) is 9.08 Å². The van der Waals surface area contributed by atoms with Gasteiger partial charge < -0.3 is 14.7 Å². The molecule has 3 rings (SSSR count). The molecular weight excluding hydrogens is 232 g/mol. The van der Waals surface area contributed by atoms with Crippen molar-refractivity contribution in [3.05, 3.63) is 28.4 Å². The number of hydrogen-bond acceptors (Lipinski definition) is 3. The summed E-state index contributed by atoms with van der Waals surface area (Å²) in [6.07, 6.45) is 4.13. The lowest BCUT2D eigenvalue weighted by Gasteiger charge is -2.02. The third-order valence-electron chi connectivity index (χ3n) is 3.25. The Kier molecular flexibility index (Phi) is 2.19. The molecule has 6 heteroatoms. The molecule has 0 atom stereocenters. The van der Waals surface area contributed by atoms with Gasteiger partial charge in [-0.3, -0.25) is 4.79 Å². The zero-order valence-corrected chi connectivity index (χ0v) is 10.3. The van der Waals surface area contributed by atoms with Gasteiger partial charge in [0.2, 0.25) is 5.88 Å². The first-order valence-corrected chi connectivity index (χ1v) is 5.92. The van der Waals surface area contributed by atoms with Crippen molar-refractivity contribution in [2.24, 2.45) is 0 Å². The minimum Gasteiger partial charge on any atom is -0.494 e. The van der Waals surface area contributed by atoms with Gasteiger partial charge in [0.15, 0.2) is 0 Å². The fourth-order valence-corrected chi connectivity index (χ4v) is 2.46. The SMILES string of the molecule is CCCn1cc2c(c(C)c3c(=O)[nH]cnn32)c1O. The maximum Gasteiger partial charge on any atom is 0.275 e. The quantitative estimate of drug-likeness (QED) is 0.717. The number of nitrogens with zero attached hydrogens (tertiary/aromatic N) is 3. The number of H-pyrrole nitrogens is 1. The van der Waals surface area contributed by atoms with Crippen LogP contribution in [0.15, 0.2) is 17.3 Å². The molecule has 0 bridgehead atoms. The highest BCUT2D eigenvalue weighted by Gasteiger charge is 2.19. The summed E-state index contributed by atoms with van der Waals surface area (Å²) in [6.45, 7) is 4.61. The summed E-state index contributed by atoms with van der Waals surface area (Å²) in [5.41, 5.74) is 1.81. The number of aromatic amines is 1. The Morgan fingerprint density at radius 1 is 1.50 bits per heavy atom. The molecule has 0 aromatic carbocycles. The second-order valence-corrected chi connectivity index (χ2v) is 4.41. The van der Waals surface area contributed by atoms with Gasteiger partial charge in [0.1, 0.15) is 11.8 Å². The molecule has 0 aliphatic heterocycles. The van der Waals surface area contributed by atoms with Crippen molar-refractivity contribution >= 4 is 16.4 Å². The summed E-state index contributed by atoms with van der Waals surface area (Å²) in [6, 6.07) is 0. The third kappa shape index (κ3) is 1.23. The van der Waals surface area contributed by atoms with Gasteiger partial charge in [0.05, 0.1) is 10.9 Å². The van der Waals surface area contributed by atoms with Crippen molar-refractivity contribution in [2.75, 3.05) is 0 Å². The predicted octanol–water partition coefficient (Wildman–Crippen LogP) is 1.40. The number of fused-ring (bicyclic) bond motifs is 3.